The van der Waals surface area contributed by atoms with E-state index in [0.717, 1.165) is 38.4 Å². The quantitative estimate of drug-likeness (QED) is 0.833. The van der Waals surface area contributed by atoms with E-state index >= 15 is 0 Å². The molecule has 3 aliphatic rings. The van der Waals surface area contributed by atoms with Crippen molar-refractivity contribution < 1.29 is 4.74 Å². The Morgan fingerprint density at radius 3 is 2.67 bits per heavy atom. The molecule has 0 aliphatic carbocycles. The largest absolute Gasteiger partial charge is 0.379 e. The van der Waals surface area contributed by atoms with Gasteiger partial charge in [-0.2, -0.15) is 0 Å². The molecule has 3 rings (SSSR count). The van der Waals surface area contributed by atoms with Crippen LogP contribution in [0.3, 0.4) is 0 Å². The van der Waals surface area contributed by atoms with Gasteiger partial charge in [0.2, 0.25) is 0 Å². The van der Waals surface area contributed by atoms with Crippen molar-refractivity contribution in [2.75, 3.05) is 45.9 Å². The van der Waals surface area contributed by atoms with Crippen molar-refractivity contribution in [3.05, 3.63) is 0 Å². The van der Waals surface area contributed by atoms with Crippen molar-refractivity contribution >= 4 is 0 Å². The predicted octanol–water partition coefficient (Wildman–Crippen LogP) is 1.56. The van der Waals surface area contributed by atoms with Gasteiger partial charge in [-0.3, -0.25) is 4.90 Å². The van der Waals surface area contributed by atoms with E-state index < -0.39 is 0 Å². The Kier molecular flexibility index (Phi) is 5.54. The van der Waals surface area contributed by atoms with Gasteiger partial charge in [-0.05, 0) is 44.7 Å². The zero-order chi connectivity index (χ0) is 14.7. The molecule has 0 aromatic heterocycles. The molecule has 3 fully saturated rings. The third kappa shape index (κ3) is 4.19. The summed E-state index contributed by atoms with van der Waals surface area (Å²) in [5, 5.41) is 4.01. The van der Waals surface area contributed by atoms with E-state index in [0.29, 0.717) is 12.0 Å². The smallest absolute Gasteiger partial charge is 0.0594 e. The Bertz CT molecular complexity index is 317. The summed E-state index contributed by atoms with van der Waals surface area (Å²) >= 11 is 0. The Morgan fingerprint density at radius 1 is 1.10 bits per heavy atom. The van der Waals surface area contributed by atoms with Crippen molar-refractivity contribution in [2.45, 2.75) is 57.7 Å². The average molecular weight is 295 g/mol. The lowest BCUT2D eigenvalue weighted by Gasteiger charge is -2.39. The minimum absolute atomic E-state index is 0.626. The first-order valence-electron chi connectivity index (χ1n) is 9.02. The van der Waals surface area contributed by atoms with Crippen LogP contribution in [0.1, 0.15) is 39.5 Å². The zero-order valence-corrected chi connectivity index (χ0v) is 13.9. The first-order chi connectivity index (χ1) is 10.2. The minimum Gasteiger partial charge on any atom is -0.379 e. The van der Waals surface area contributed by atoms with Crippen LogP contribution >= 0.6 is 0 Å². The van der Waals surface area contributed by atoms with E-state index in [1.807, 2.05) is 0 Å². The van der Waals surface area contributed by atoms with Crippen LogP contribution in [0, 0.1) is 5.92 Å². The molecule has 3 atom stereocenters. The molecule has 4 heteroatoms. The highest BCUT2D eigenvalue weighted by molar-refractivity contribution is 4.91. The van der Waals surface area contributed by atoms with Crippen LogP contribution in [0.15, 0.2) is 0 Å². The molecule has 0 saturated carbocycles. The molecule has 0 aromatic carbocycles. The van der Waals surface area contributed by atoms with Gasteiger partial charge in [-0.15, -0.1) is 0 Å². The number of ether oxygens (including phenoxy) is 1. The fourth-order valence-corrected chi connectivity index (χ4v) is 4.20. The van der Waals surface area contributed by atoms with Gasteiger partial charge in [-0.25, -0.2) is 0 Å². The van der Waals surface area contributed by atoms with Crippen LogP contribution in [0.4, 0.5) is 0 Å². The van der Waals surface area contributed by atoms with Crippen LogP contribution in [0.5, 0.6) is 0 Å². The van der Waals surface area contributed by atoms with Crippen molar-refractivity contribution in [1.29, 1.82) is 0 Å². The topological polar surface area (TPSA) is 27.7 Å². The Labute approximate surface area is 130 Å². The summed E-state index contributed by atoms with van der Waals surface area (Å²) in [6.45, 7) is 12.6. The van der Waals surface area contributed by atoms with Crippen LogP contribution in [0.2, 0.25) is 0 Å². The van der Waals surface area contributed by atoms with E-state index in [-0.39, 0.29) is 0 Å². The van der Waals surface area contributed by atoms with Gasteiger partial charge in [0.05, 0.1) is 13.2 Å². The lowest BCUT2D eigenvalue weighted by Crippen LogP contribution is -2.54. The van der Waals surface area contributed by atoms with Crippen molar-refractivity contribution in [3.8, 4) is 0 Å². The Morgan fingerprint density at radius 2 is 1.90 bits per heavy atom. The summed E-state index contributed by atoms with van der Waals surface area (Å²) < 4.78 is 5.47. The summed E-state index contributed by atoms with van der Waals surface area (Å²) in [7, 11) is 0. The Hall–Kier alpha value is -0.160. The van der Waals surface area contributed by atoms with Crippen LogP contribution in [-0.4, -0.2) is 73.9 Å². The fourth-order valence-electron chi connectivity index (χ4n) is 4.20. The zero-order valence-electron chi connectivity index (χ0n) is 13.9. The average Bonchev–Trinajstić information content (AvgIpc) is 2.95. The summed E-state index contributed by atoms with van der Waals surface area (Å²) in [6, 6.07) is 2.23. The summed E-state index contributed by atoms with van der Waals surface area (Å²) in [6.07, 6.45) is 5.54. The van der Waals surface area contributed by atoms with E-state index in [4.69, 9.17) is 4.74 Å². The molecule has 0 bridgehead atoms. The molecule has 1 N–H and O–H groups in total. The number of piperidine rings is 1. The molecule has 3 saturated heterocycles. The van der Waals surface area contributed by atoms with Crippen LogP contribution < -0.4 is 5.32 Å². The van der Waals surface area contributed by atoms with Gasteiger partial charge in [0.25, 0.3) is 0 Å². The molecule has 122 valence electrons. The van der Waals surface area contributed by atoms with Gasteiger partial charge < -0.3 is 15.0 Å². The number of morpholine rings is 1. The molecule has 0 unspecified atom stereocenters. The monoisotopic (exact) mass is 295 g/mol. The van der Waals surface area contributed by atoms with Gasteiger partial charge >= 0.3 is 0 Å². The lowest BCUT2D eigenvalue weighted by molar-refractivity contribution is 0.0289. The van der Waals surface area contributed by atoms with Gasteiger partial charge in [0.15, 0.2) is 0 Å². The second-order valence-corrected chi connectivity index (χ2v) is 7.48. The number of nitrogens with zero attached hydrogens (tertiary/aromatic N) is 2. The van der Waals surface area contributed by atoms with E-state index in [1.165, 1.54) is 45.3 Å². The van der Waals surface area contributed by atoms with Gasteiger partial charge in [0.1, 0.15) is 0 Å². The second kappa shape index (κ2) is 7.40. The molecule has 0 aromatic rings. The number of fused-ring (bicyclic) bond motifs is 1. The maximum atomic E-state index is 5.47. The molecule has 3 aliphatic heterocycles. The highest BCUT2D eigenvalue weighted by Gasteiger charge is 2.33. The second-order valence-electron chi connectivity index (χ2n) is 7.48. The number of nitrogens with one attached hydrogen (secondary N) is 1. The summed E-state index contributed by atoms with van der Waals surface area (Å²) in [5.41, 5.74) is 0. The maximum absolute atomic E-state index is 5.47. The van der Waals surface area contributed by atoms with Crippen LogP contribution in [-0.2, 0) is 4.74 Å². The number of rotatable bonds is 5. The summed E-state index contributed by atoms with van der Waals surface area (Å²) in [4.78, 5) is 5.29. The third-order valence-corrected chi connectivity index (χ3v) is 5.63. The molecular weight excluding hydrogens is 262 g/mol. The molecule has 0 amide bonds. The maximum Gasteiger partial charge on any atom is 0.0594 e. The molecule has 3 heterocycles. The number of hydrogen-bond donors (Lipinski definition) is 1. The van der Waals surface area contributed by atoms with E-state index in [9.17, 15) is 0 Å². The van der Waals surface area contributed by atoms with Crippen molar-refractivity contribution in [1.82, 2.24) is 15.1 Å². The van der Waals surface area contributed by atoms with Crippen molar-refractivity contribution in [3.63, 3.8) is 0 Å². The number of hydrogen-bond acceptors (Lipinski definition) is 4. The first kappa shape index (κ1) is 15.7. The van der Waals surface area contributed by atoms with Gasteiger partial charge in [-0.1, -0.05) is 13.8 Å². The molecule has 0 spiro atoms. The SMILES string of the molecule is CC(C)[C@H](CN1CCOCC1)N[C@@H]1CCN2CCC[C@H]2C1. The first-order valence-corrected chi connectivity index (χ1v) is 9.02. The van der Waals surface area contributed by atoms with Gasteiger partial charge in [0, 0.05) is 37.8 Å². The normalized spacial score (nSPS) is 33.3. The third-order valence-electron chi connectivity index (χ3n) is 5.63. The minimum atomic E-state index is 0.626. The molecule has 4 nitrogen and oxygen atoms in total. The molecule has 0 radical (unpaired) electrons. The predicted molar refractivity (Wildman–Crippen MR) is 86.6 cm³/mol. The highest BCUT2D eigenvalue weighted by Crippen LogP contribution is 2.27. The molecule has 21 heavy (non-hydrogen) atoms. The standard InChI is InChI=1S/C17H33N3O/c1-14(2)17(13-19-8-10-21-11-9-19)18-15-5-7-20-6-3-4-16(20)12-15/h14-18H,3-13H2,1-2H3/t15-,16+,17+/m1/s1. The summed E-state index contributed by atoms with van der Waals surface area (Å²) in [5.74, 6) is 0.703. The van der Waals surface area contributed by atoms with Crippen LogP contribution in [0.25, 0.3) is 0 Å². The van der Waals surface area contributed by atoms with Crippen molar-refractivity contribution in [2.24, 2.45) is 5.92 Å². The van der Waals surface area contributed by atoms with E-state index in [1.54, 1.807) is 0 Å². The fraction of sp³-hybridized carbons (Fsp3) is 1.00. The lowest BCUT2D eigenvalue weighted by atomic mass is 9.94. The highest BCUT2D eigenvalue weighted by atomic mass is 16.5. The van der Waals surface area contributed by atoms with E-state index in [2.05, 4.69) is 29.0 Å². The molecular formula is C17H33N3O. The Balaban J connectivity index is 1.49.